The zero-order valence-corrected chi connectivity index (χ0v) is 12.7. The second kappa shape index (κ2) is 6.44. The Labute approximate surface area is 131 Å². The van der Waals surface area contributed by atoms with Gasteiger partial charge in [-0.05, 0) is 25.1 Å². The number of aryl methyl sites for hydroxylation is 1. The molecule has 7 heteroatoms. The van der Waals surface area contributed by atoms with Crippen molar-refractivity contribution in [2.45, 2.75) is 6.92 Å². The van der Waals surface area contributed by atoms with Crippen LogP contribution in [0.2, 0.25) is 5.02 Å². The lowest BCUT2D eigenvalue weighted by molar-refractivity contribution is -0.384. The van der Waals surface area contributed by atoms with Gasteiger partial charge in [-0.15, -0.1) is 0 Å². The minimum absolute atomic E-state index is 0.106. The van der Waals surface area contributed by atoms with E-state index in [9.17, 15) is 15.3 Å². The van der Waals surface area contributed by atoms with Gasteiger partial charge >= 0.3 is 0 Å². The van der Waals surface area contributed by atoms with Gasteiger partial charge in [0, 0.05) is 23.3 Å². The number of rotatable bonds is 4. The second-order valence-corrected chi connectivity index (χ2v) is 4.98. The number of non-ortho nitro benzene ring substituents is 1. The molecule has 0 saturated carbocycles. The molecule has 0 unspecified atom stereocenters. The Kier molecular flexibility index (Phi) is 4.62. The average Bonchev–Trinajstić information content (AvgIpc) is 2.50. The summed E-state index contributed by atoms with van der Waals surface area (Å²) in [4.78, 5) is 10.4. The van der Waals surface area contributed by atoms with Crippen LogP contribution in [-0.2, 0) is 0 Å². The van der Waals surface area contributed by atoms with Crippen molar-refractivity contribution in [2.75, 3.05) is 7.11 Å². The molecule has 0 saturated heterocycles. The highest BCUT2D eigenvalue weighted by Gasteiger charge is 2.19. The Morgan fingerprint density at radius 1 is 1.27 bits per heavy atom. The van der Waals surface area contributed by atoms with Crippen LogP contribution in [0.1, 0.15) is 16.7 Å². The zero-order valence-electron chi connectivity index (χ0n) is 11.9. The van der Waals surface area contributed by atoms with E-state index in [1.165, 1.54) is 25.3 Å². The molecule has 0 aliphatic heterocycles. The molecule has 0 amide bonds. The Bertz CT molecular complexity index is 759. The first-order valence-electron chi connectivity index (χ1n) is 6.29. The van der Waals surface area contributed by atoms with Crippen LogP contribution < -0.4 is 4.74 Å². The van der Waals surface area contributed by atoms with E-state index >= 15 is 0 Å². The standard InChI is InChI=1S/C15H13ClN2O4/c1-9-3-6-14(22-2)12(7-9)15(17-19)11-8-10(18(20)21)4-5-13(11)16/h3-8,19H,1-2H3. The summed E-state index contributed by atoms with van der Waals surface area (Å²) in [6, 6.07) is 9.26. The van der Waals surface area contributed by atoms with Crippen molar-refractivity contribution in [2.24, 2.45) is 5.16 Å². The number of methoxy groups -OCH3 is 1. The summed E-state index contributed by atoms with van der Waals surface area (Å²) in [5.74, 6) is 0.473. The fraction of sp³-hybridized carbons (Fsp3) is 0.133. The van der Waals surface area contributed by atoms with Crippen LogP contribution in [0.3, 0.4) is 0 Å². The van der Waals surface area contributed by atoms with Gasteiger partial charge in [-0.2, -0.15) is 0 Å². The predicted octanol–water partition coefficient (Wildman–Crippen LogP) is 3.79. The number of benzene rings is 2. The van der Waals surface area contributed by atoms with Crippen molar-refractivity contribution in [1.29, 1.82) is 0 Å². The number of hydrogen-bond donors (Lipinski definition) is 1. The third kappa shape index (κ3) is 3.01. The lowest BCUT2D eigenvalue weighted by atomic mass is 9.99. The van der Waals surface area contributed by atoms with E-state index in [-0.39, 0.29) is 22.0 Å². The molecule has 22 heavy (non-hydrogen) atoms. The molecule has 0 aliphatic carbocycles. The summed E-state index contributed by atoms with van der Waals surface area (Å²) >= 11 is 6.10. The first-order valence-corrected chi connectivity index (χ1v) is 6.67. The minimum Gasteiger partial charge on any atom is -0.496 e. The second-order valence-electron chi connectivity index (χ2n) is 4.57. The van der Waals surface area contributed by atoms with Crippen molar-refractivity contribution >= 4 is 23.0 Å². The smallest absolute Gasteiger partial charge is 0.270 e. The van der Waals surface area contributed by atoms with Crippen LogP contribution >= 0.6 is 11.6 Å². The number of ether oxygens (including phenoxy) is 1. The molecule has 2 aromatic rings. The van der Waals surface area contributed by atoms with E-state index in [2.05, 4.69) is 5.16 Å². The molecule has 2 aromatic carbocycles. The van der Waals surface area contributed by atoms with E-state index in [0.717, 1.165) is 5.56 Å². The van der Waals surface area contributed by atoms with Gasteiger partial charge in [-0.25, -0.2) is 0 Å². The molecule has 0 aromatic heterocycles. The molecule has 0 aliphatic rings. The van der Waals surface area contributed by atoms with Gasteiger partial charge in [-0.1, -0.05) is 28.4 Å². The van der Waals surface area contributed by atoms with Crippen molar-refractivity contribution in [1.82, 2.24) is 0 Å². The van der Waals surface area contributed by atoms with Gasteiger partial charge < -0.3 is 9.94 Å². The number of nitro groups is 1. The molecule has 0 bridgehead atoms. The summed E-state index contributed by atoms with van der Waals surface area (Å²) in [6.45, 7) is 1.87. The summed E-state index contributed by atoms with van der Waals surface area (Å²) < 4.78 is 5.25. The normalized spacial score (nSPS) is 11.3. The van der Waals surface area contributed by atoms with Crippen molar-refractivity contribution in [3.05, 3.63) is 68.2 Å². The molecule has 114 valence electrons. The van der Waals surface area contributed by atoms with Crippen LogP contribution in [0.4, 0.5) is 5.69 Å². The minimum atomic E-state index is -0.539. The summed E-state index contributed by atoms with van der Waals surface area (Å²) in [5.41, 5.74) is 1.62. The largest absolute Gasteiger partial charge is 0.496 e. The van der Waals surface area contributed by atoms with E-state index < -0.39 is 4.92 Å². The van der Waals surface area contributed by atoms with Gasteiger partial charge in [0.2, 0.25) is 0 Å². The van der Waals surface area contributed by atoms with E-state index in [1.54, 1.807) is 12.1 Å². The highest BCUT2D eigenvalue weighted by Crippen LogP contribution is 2.29. The van der Waals surface area contributed by atoms with E-state index in [0.29, 0.717) is 11.3 Å². The first-order chi connectivity index (χ1) is 10.5. The Morgan fingerprint density at radius 3 is 2.59 bits per heavy atom. The topological polar surface area (TPSA) is 85.0 Å². The van der Waals surface area contributed by atoms with Crippen molar-refractivity contribution in [3.63, 3.8) is 0 Å². The van der Waals surface area contributed by atoms with Gasteiger partial charge in [0.25, 0.3) is 5.69 Å². The lowest BCUT2D eigenvalue weighted by Gasteiger charge is -2.12. The Hall–Kier alpha value is -2.60. The number of hydrogen-bond acceptors (Lipinski definition) is 5. The molecular weight excluding hydrogens is 308 g/mol. The molecule has 6 nitrogen and oxygen atoms in total. The van der Waals surface area contributed by atoms with Crippen LogP contribution in [-0.4, -0.2) is 23.0 Å². The molecule has 1 N–H and O–H groups in total. The highest BCUT2D eigenvalue weighted by atomic mass is 35.5. The average molecular weight is 321 g/mol. The van der Waals surface area contributed by atoms with Gasteiger partial charge in [-0.3, -0.25) is 10.1 Å². The molecule has 2 rings (SSSR count). The fourth-order valence-corrected chi connectivity index (χ4v) is 2.28. The third-order valence-electron chi connectivity index (χ3n) is 3.13. The SMILES string of the molecule is COc1ccc(C)cc1C(=NO)c1cc([N+](=O)[O-])ccc1Cl. The highest BCUT2D eigenvalue weighted by molar-refractivity contribution is 6.35. The maximum absolute atomic E-state index is 10.9. The summed E-state index contributed by atoms with van der Waals surface area (Å²) in [7, 11) is 1.48. The summed E-state index contributed by atoms with van der Waals surface area (Å²) in [5, 5.41) is 23.8. The van der Waals surface area contributed by atoms with Crippen LogP contribution in [0.25, 0.3) is 0 Å². The molecule has 0 heterocycles. The lowest BCUT2D eigenvalue weighted by Crippen LogP contribution is -2.07. The third-order valence-corrected chi connectivity index (χ3v) is 3.46. The van der Waals surface area contributed by atoms with Crippen LogP contribution in [0.5, 0.6) is 5.75 Å². The molecule has 0 atom stereocenters. The number of halogens is 1. The number of nitrogens with zero attached hydrogens (tertiary/aromatic N) is 2. The molecule has 0 fully saturated rings. The van der Waals surface area contributed by atoms with Crippen LogP contribution in [0.15, 0.2) is 41.6 Å². The summed E-state index contributed by atoms with van der Waals surface area (Å²) in [6.07, 6.45) is 0. The zero-order chi connectivity index (χ0) is 16.3. The number of nitro benzene ring substituents is 1. The van der Waals surface area contributed by atoms with Crippen molar-refractivity contribution < 1.29 is 14.9 Å². The van der Waals surface area contributed by atoms with Crippen LogP contribution in [0, 0.1) is 17.0 Å². The van der Waals surface area contributed by atoms with Gasteiger partial charge in [0.15, 0.2) is 0 Å². The van der Waals surface area contributed by atoms with E-state index in [1.807, 2.05) is 13.0 Å². The van der Waals surface area contributed by atoms with Crippen molar-refractivity contribution in [3.8, 4) is 5.75 Å². The maximum Gasteiger partial charge on any atom is 0.270 e. The fourth-order valence-electron chi connectivity index (χ4n) is 2.07. The van der Waals surface area contributed by atoms with Gasteiger partial charge in [0.1, 0.15) is 11.5 Å². The Balaban J connectivity index is 2.66. The Morgan fingerprint density at radius 2 is 2.00 bits per heavy atom. The predicted molar refractivity (Wildman–Crippen MR) is 83.3 cm³/mol. The van der Waals surface area contributed by atoms with E-state index in [4.69, 9.17) is 16.3 Å². The molecule has 0 spiro atoms. The molecule has 0 radical (unpaired) electrons. The first kappa shape index (κ1) is 15.8. The number of oxime groups is 1. The van der Waals surface area contributed by atoms with Gasteiger partial charge in [0.05, 0.1) is 17.1 Å². The molecular formula is C15H13ClN2O4. The maximum atomic E-state index is 10.9. The quantitative estimate of drug-likeness (QED) is 0.402. The monoisotopic (exact) mass is 320 g/mol.